The van der Waals surface area contributed by atoms with Gasteiger partial charge in [0.2, 0.25) is 0 Å². The Bertz CT molecular complexity index is 819. The molecule has 1 spiro atoms. The molecule has 4 aliphatic carbocycles. The van der Waals surface area contributed by atoms with Gasteiger partial charge in [0, 0.05) is 30.6 Å². The molecule has 0 aromatic heterocycles. The predicted octanol–water partition coefficient (Wildman–Crippen LogP) is 5.34. The molecule has 6 aliphatic rings. The van der Waals surface area contributed by atoms with Gasteiger partial charge >= 0.3 is 5.97 Å². The van der Waals surface area contributed by atoms with Crippen LogP contribution in [0.25, 0.3) is 0 Å². The average molecular weight is 475 g/mol. The Morgan fingerprint density at radius 2 is 1.79 bits per heavy atom. The van der Waals surface area contributed by atoms with Crippen LogP contribution in [0.3, 0.4) is 0 Å². The number of carbonyl (C=O) groups excluding carboxylic acids is 1. The van der Waals surface area contributed by atoms with Crippen molar-refractivity contribution in [2.75, 3.05) is 6.61 Å². The fraction of sp³-hybridized carbons (Fsp3) is 0.966. The molecular weight excluding hydrogens is 428 g/mol. The standard InChI is InChI=1S/C29H46O5/c1-16-8-11-29(32-15-16)17(2)26-24(34-29)13-23-21-7-6-19-12-20(33-18(3)30)9-10-27(19,4)22(21)14-25(31)28(23,26)5/h16-17,19-26,31H,6-15H2,1-5H3/t16?,17-,19-,20?,21?,22?,23?,24?,25?,26?,27?,28?,29+/m0/s1. The van der Waals surface area contributed by atoms with Crippen LogP contribution in [0.5, 0.6) is 0 Å². The molecule has 192 valence electrons. The highest BCUT2D eigenvalue weighted by molar-refractivity contribution is 5.66. The zero-order valence-corrected chi connectivity index (χ0v) is 21.9. The van der Waals surface area contributed by atoms with Gasteiger partial charge in [0.05, 0.1) is 18.8 Å². The molecule has 0 amide bonds. The van der Waals surface area contributed by atoms with Crippen molar-refractivity contribution >= 4 is 5.97 Å². The van der Waals surface area contributed by atoms with Gasteiger partial charge in [0.25, 0.3) is 0 Å². The summed E-state index contributed by atoms with van der Waals surface area (Å²) in [6.07, 6.45) is 9.76. The molecule has 34 heavy (non-hydrogen) atoms. The monoisotopic (exact) mass is 474 g/mol. The highest BCUT2D eigenvalue weighted by atomic mass is 16.7. The number of rotatable bonds is 1. The fourth-order valence-electron chi connectivity index (χ4n) is 10.5. The SMILES string of the molecule is CC(=O)OC1CCC2(C)C3CC(O)C4(C)C(CC5O[C@]6(CCC(C)CO6)[C@@H](C)C54)C3CC[C@H]2C1. The highest BCUT2D eigenvalue weighted by Crippen LogP contribution is 2.71. The van der Waals surface area contributed by atoms with Crippen LogP contribution in [0.2, 0.25) is 0 Å². The van der Waals surface area contributed by atoms with Crippen molar-refractivity contribution in [3.8, 4) is 0 Å². The lowest BCUT2D eigenvalue weighted by Gasteiger charge is -2.62. The summed E-state index contributed by atoms with van der Waals surface area (Å²) in [4.78, 5) is 11.6. The van der Waals surface area contributed by atoms with E-state index in [0.717, 1.165) is 45.1 Å². The van der Waals surface area contributed by atoms with Gasteiger partial charge in [0.15, 0.2) is 5.79 Å². The molecule has 0 radical (unpaired) electrons. The van der Waals surface area contributed by atoms with E-state index in [1.54, 1.807) is 0 Å². The number of aliphatic hydroxyl groups excluding tert-OH is 1. The van der Waals surface area contributed by atoms with Gasteiger partial charge in [-0.15, -0.1) is 0 Å². The molecule has 10 unspecified atom stereocenters. The Balaban J connectivity index is 1.24. The van der Waals surface area contributed by atoms with Crippen LogP contribution in [0, 0.1) is 52.3 Å². The lowest BCUT2D eigenvalue weighted by atomic mass is 9.43. The normalized spacial score (nSPS) is 58.5. The van der Waals surface area contributed by atoms with Gasteiger partial charge in [0.1, 0.15) is 6.10 Å². The molecule has 5 nitrogen and oxygen atoms in total. The molecule has 13 atom stereocenters. The van der Waals surface area contributed by atoms with E-state index in [9.17, 15) is 9.90 Å². The van der Waals surface area contributed by atoms with Gasteiger partial charge in [-0.3, -0.25) is 4.79 Å². The van der Waals surface area contributed by atoms with Crippen molar-refractivity contribution in [3.05, 3.63) is 0 Å². The summed E-state index contributed by atoms with van der Waals surface area (Å²) >= 11 is 0. The number of aliphatic hydroxyl groups is 1. The summed E-state index contributed by atoms with van der Waals surface area (Å²) in [5, 5.41) is 11.9. The molecular formula is C29H46O5. The fourth-order valence-corrected chi connectivity index (χ4v) is 10.5. The Morgan fingerprint density at radius 1 is 1.00 bits per heavy atom. The first kappa shape index (κ1) is 23.7. The highest BCUT2D eigenvalue weighted by Gasteiger charge is 2.71. The van der Waals surface area contributed by atoms with E-state index in [0.29, 0.717) is 41.4 Å². The largest absolute Gasteiger partial charge is 0.463 e. The van der Waals surface area contributed by atoms with Crippen LogP contribution < -0.4 is 0 Å². The minimum atomic E-state index is -0.425. The molecule has 2 aliphatic heterocycles. The number of hydrogen-bond acceptors (Lipinski definition) is 5. The maximum Gasteiger partial charge on any atom is 0.302 e. The maximum atomic E-state index is 11.9. The van der Waals surface area contributed by atoms with Crippen molar-refractivity contribution in [1.82, 2.24) is 0 Å². The van der Waals surface area contributed by atoms with E-state index in [1.807, 2.05) is 0 Å². The third-order valence-corrected chi connectivity index (χ3v) is 12.3. The van der Waals surface area contributed by atoms with Gasteiger partial charge < -0.3 is 19.3 Å². The van der Waals surface area contributed by atoms with Crippen molar-refractivity contribution in [1.29, 1.82) is 0 Å². The third-order valence-electron chi connectivity index (χ3n) is 12.3. The summed E-state index contributed by atoms with van der Waals surface area (Å²) in [5.74, 6) is 3.11. The Kier molecular flexibility index (Phi) is 5.53. The lowest BCUT2D eigenvalue weighted by molar-refractivity contribution is -0.274. The van der Waals surface area contributed by atoms with Gasteiger partial charge in [-0.25, -0.2) is 0 Å². The number of ether oxygens (including phenoxy) is 3. The summed E-state index contributed by atoms with van der Waals surface area (Å²) in [6, 6.07) is 0. The first-order valence-electron chi connectivity index (χ1n) is 14.3. The number of hydrogen-bond donors (Lipinski definition) is 1. The van der Waals surface area contributed by atoms with E-state index in [4.69, 9.17) is 14.2 Å². The van der Waals surface area contributed by atoms with Crippen molar-refractivity contribution in [2.24, 2.45) is 52.3 Å². The van der Waals surface area contributed by atoms with Crippen LogP contribution in [0.1, 0.15) is 92.4 Å². The summed E-state index contributed by atoms with van der Waals surface area (Å²) in [6.45, 7) is 11.8. The summed E-state index contributed by atoms with van der Waals surface area (Å²) in [5.41, 5.74) is 0.162. The average Bonchev–Trinajstić information content (AvgIpc) is 3.23. The number of esters is 1. The van der Waals surface area contributed by atoms with Crippen LogP contribution in [-0.2, 0) is 19.0 Å². The Morgan fingerprint density at radius 3 is 2.50 bits per heavy atom. The predicted molar refractivity (Wildman–Crippen MR) is 129 cm³/mol. The minimum Gasteiger partial charge on any atom is -0.463 e. The van der Waals surface area contributed by atoms with Crippen molar-refractivity contribution < 1.29 is 24.1 Å². The second-order valence-corrected chi connectivity index (χ2v) is 13.8. The second kappa shape index (κ2) is 7.92. The molecule has 1 N–H and O–H groups in total. The quantitative estimate of drug-likeness (QED) is 0.520. The lowest BCUT2D eigenvalue weighted by Crippen LogP contribution is -2.59. The van der Waals surface area contributed by atoms with Gasteiger partial charge in [-0.1, -0.05) is 27.7 Å². The maximum absolute atomic E-state index is 11.9. The van der Waals surface area contributed by atoms with E-state index in [1.165, 1.54) is 26.2 Å². The molecule has 0 aromatic rings. The molecule has 0 aromatic carbocycles. The van der Waals surface area contributed by atoms with Crippen LogP contribution in [-0.4, -0.2) is 41.8 Å². The van der Waals surface area contributed by atoms with Crippen molar-refractivity contribution in [2.45, 2.75) is 117 Å². The molecule has 6 fully saturated rings. The van der Waals surface area contributed by atoms with E-state index in [2.05, 4.69) is 27.7 Å². The van der Waals surface area contributed by atoms with Crippen LogP contribution in [0.15, 0.2) is 0 Å². The van der Waals surface area contributed by atoms with E-state index in [-0.39, 0.29) is 35.1 Å². The van der Waals surface area contributed by atoms with E-state index < -0.39 is 5.79 Å². The number of fused-ring (bicyclic) bond motifs is 7. The first-order valence-corrected chi connectivity index (χ1v) is 14.3. The minimum absolute atomic E-state index is 0.0837. The van der Waals surface area contributed by atoms with Crippen LogP contribution >= 0.6 is 0 Å². The Labute approximate surface area is 205 Å². The molecule has 5 heteroatoms. The van der Waals surface area contributed by atoms with Gasteiger partial charge in [-0.2, -0.15) is 0 Å². The molecule has 4 saturated carbocycles. The smallest absolute Gasteiger partial charge is 0.302 e. The summed E-state index contributed by atoms with van der Waals surface area (Å²) in [7, 11) is 0. The Hall–Kier alpha value is -0.650. The molecule has 0 bridgehead atoms. The van der Waals surface area contributed by atoms with Crippen molar-refractivity contribution in [3.63, 3.8) is 0 Å². The topological polar surface area (TPSA) is 65.0 Å². The zero-order valence-electron chi connectivity index (χ0n) is 21.9. The second-order valence-electron chi connectivity index (χ2n) is 13.8. The molecule has 2 saturated heterocycles. The summed E-state index contributed by atoms with van der Waals surface area (Å²) < 4.78 is 18.9. The van der Waals surface area contributed by atoms with Crippen LogP contribution in [0.4, 0.5) is 0 Å². The number of carbonyl (C=O) groups is 1. The first-order chi connectivity index (χ1) is 16.1. The molecule has 2 heterocycles. The van der Waals surface area contributed by atoms with E-state index >= 15 is 0 Å². The van der Waals surface area contributed by atoms with Gasteiger partial charge in [-0.05, 0) is 86.4 Å². The third kappa shape index (κ3) is 3.18. The molecule has 6 rings (SSSR count). The zero-order chi connectivity index (χ0) is 24.0.